The first kappa shape index (κ1) is 8.67. The van der Waals surface area contributed by atoms with Crippen LogP contribution in [-0.2, 0) is 15.6 Å². The van der Waals surface area contributed by atoms with Crippen LogP contribution in [0.4, 0.5) is 0 Å². The zero-order valence-corrected chi connectivity index (χ0v) is 8.58. The second-order valence-electron chi connectivity index (χ2n) is 3.53. The fourth-order valence-electron chi connectivity index (χ4n) is 1.88. The van der Waals surface area contributed by atoms with E-state index in [4.69, 9.17) is 0 Å². The van der Waals surface area contributed by atoms with E-state index in [2.05, 4.69) is 10.2 Å². The molecule has 2 heterocycles. The Labute approximate surface area is 86.9 Å². The van der Waals surface area contributed by atoms with Crippen molar-refractivity contribution in [2.24, 2.45) is 0 Å². The van der Waals surface area contributed by atoms with Crippen LogP contribution in [0.15, 0.2) is 35.4 Å². The first-order chi connectivity index (χ1) is 7.18. The summed E-state index contributed by atoms with van der Waals surface area (Å²) >= 11 is 0. The smallest absolute Gasteiger partial charge is 0.183 e. The molecule has 3 rings (SSSR count). The maximum atomic E-state index is 11.9. The van der Waals surface area contributed by atoms with Gasteiger partial charge >= 0.3 is 0 Å². The third-order valence-electron chi connectivity index (χ3n) is 2.55. The molecule has 0 unspecified atom stereocenters. The SMILES string of the molecule is O=S1(=O)Cc2cn[nH]c2-c2ccccc21. The molecule has 0 saturated heterocycles. The maximum absolute atomic E-state index is 11.9. The molecule has 0 spiro atoms. The second-order valence-corrected chi connectivity index (χ2v) is 5.48. The highest BCUT2D eigenvalue weighted by atomic mass is 32.2. The topological polar surface area (TPSA) is 62.8 Å². The van der Waals surface area contributed by atoms with E-state index in [1.165, 1.54) is 0 Å². The van der Waals surface area contributed by atoms with Gasteiger partial charge in [-0.15, -0.1) is 0 Å². The molecule has 1 aromatic carbocycles. The van der Waals surface area contributed by atoms with Crippen LogP contribution >= 0.6 is 0 Å². The van der Waals surface area contributed by atoms with E-state index >= 15 is 0 Å². The van der Waals surface area contributed by atoms with Gasteiger partial charge in [0.1, 0.15) is 0 Å². The van der Waals surface area contributed by atoms with Gasteiger partial charge in [-0.25, -0.2) is 8.42 Å². The molecule has 1 aromatic heterocycles. The average molecular weight is 220 g/mol. The Balaban J connectivity index is 2.44. The van der Waals surface area contributed by atoms with Crippen molar-refractivity contribution < 1.29 is 8.42 Å². The number of hydrogen-bond donors (Lipinski definition) is 1. The number of sulfone groups is 1. The Kier molecular flexibility index (Phi) is 1.56. The fourth-order valence-corrected chi connectivity index (χ4v) is 3.46. The minimum atomic E-state index is -3.19. The normalized spacial score (nSPS) is 16.8. The standard InChI is InChI=1S/C10H8N2O2S/c13-15(14)6-7-5-11-12-10(7)8-3-1-2-4-9(8)15/h1-5H,6H2,(H,11,12). The van der Waals surface area contributed by atoms with E-state index in [1.54, 1.807) is 24.4 Å². The van der Waals surface area contributed by atoms with E-state index in [9.17, 15) is 8.42 Å². The predicted molar refractivity (Wildman–Crippen MR) is 54.9 cm³/mol. The number of rotatable bonds is 0. The van der Waals surface area contributed by atoms with Gasteiger partial charge in [0.25, 0.3) is 0 Å². The summed E-state index contributed by atoms with van der Waals surface area (Å²) in [4.78, 5) is 0.391. The molecule has 0 atom stereocenters. The van der Waals surface area contributed by atoms with Gasteiger partial charge in [-0.2, -0.15) is 5.10 Å². The number of hydrogen-bond acceptors (Lipinski definition) is 3. The minimum absolute atomic E-state index is 0.0375. The van der Waals surface area contributed by atoms with Crippen LogP contribution in [0.2, 0.25) is 0 Å². The molecule has 1 aliphatic rings. The van der Waals surface area contributed by atoms with Crippen molar-refractivity contribution in [2.75, 3.05) is 0 Å². The number of benzene rings is 1. The van der Waals surface area contributed by atoms with Crippen LogP contribution < -0.4 is 0 Å². The average Bonchev–Trinajstić information content (AvgIpc) is 2.65. The predicted octanol–water partition coefficient (Wildman–Crippen LogP) is 1.36. The van der Waals surface area contributed by atoms with Gasteiger partial charge in [-0.1, -0.05) is 18.2 Å². The molecule has 0 amide bonds. The summed E-state index contributed by atoms with van der Waals surface area (Å²) in [5, 5.41) is 6.72. The van der Waals surface area contributed by atoms with Gasteiger partial charge in [0.15, 0.2) is 9.84 Å². The lowest BCUT2D eigenvalue weighted by Crippen LogP contribution is -2.11. The van der Waals surface area contributed by atoms with Crippen LogP contribution in [0, 0.1) is 0 Å². The van der Waals surface area contributed by atoms with Gasteiger partial charge in [0, 0.05) is 11.1 Å². The van der Waals surface area contributed by atoms with E-state index in [0.717, 1.165) is 16.8 Å². The molecule has 0 saturated carbocycles. The Hall–Kier alpha value is -1.62. The largest absolute Gasteiger partial charge is 0.277 e. The number of H-pyrrole nitrogens is 1. The lowest BCUT2D eigenvalue weighted by Gasteiger charge is -2.15. The van der Waals surface area contributed by atoms with Crippen LogP contribution in [0.3, 0.4) is 0 Å². The van der Waals surface area contributed by atoms with Gasteiger partial charge in [0.2, 0.25) is 0 Å². The number of aromatic amines is 1. The van der Waals surface area contributed by atoms with E-state index < -0.39 is 9.84 Å². The van der Waals surface area contributed by atoms with E-state index in [0.29, 0.717) is 4.90 Å². The molecular weight excluding hydrogens is 212 g/mol. The summed E-state index contributed by atoms with van der Waals surface area (Å²) in [7, 11) is -3.19. The third kappa shape index (κ3) is 1.13. The molecule has 0 bridgehead atoms. The summed E-state index contributed by atoms with van der Waals surface area (Å²) in [6.07, 6.45) is 1.57. The van der Waals surface area contributed by atoms with Crippen LogP contribution in [0.1, 0.15) is 5.56 Å². The van der Waals surface area contributed by atoms with Crippen LogP contribution in [0.25, 0.3) is 11.3 Å². The van der Waals surface area contributed by atoms with Crippen molar-refractivity contribution in [2.45, 2.75) is 10.6 Å². The van der Waals surface area contributed by atoms with Crippen molar-refractivity contribution in [1.29, 1.82) is 0 Å². The van der Waals surface area contributed by atoms with Crippen molar-refractivity contribution in [3.8, 4) is 11.3 Å². The zero-order valence-electron chi connectivity index (χ0n) is 7.77. The summed E-state index contributed by atoms with van der Waals surface area (Å²) in [5.74, 6) is 0.0375. The Morgan fingerprint density at radius 2 is 2.07 bits per heavy atom. The quantitative estimate of drug-likeness (QED) is 0.729. The van der Waals surface area contributed by atoms with Gasteiger partial charge < -0.3 is 0 Å². The molecule has 76 valence electrons. The van der Waals surface area contributed by atoms with Crippen molar-refractivity contribution in [3.05, 3.63) is 36.0 Å². The van der Waals surface area contributed by atoms with Crippen molar-refractivity contribution in [1.82, 2.24) is 10.2 Å². The highest BCUT2D eigenvalue weighted by Crippen LogP contribution is 2.35. The number of nitrogens with one attached hydrogen (secondary N) is 1. The minimum Gasteiger partial charge on any atom is -0.277 e. The number of aromatic nitrogens is 2. The van der Waals surface area contributed by atoms with Crippen LogP contribution in [-0.4, -0.2) is 18.6 Å². The Morgan fingerprint density at radius 1 is 1.27 bits per heavy atom. The summed E-state index contributed by atoms with van der Waals surface area (Å²) < 4.78 is 23.8. The lowest BCUT2D eigenvalue weighted by molar-refractivity contribution is 0.594. The molecule has 5 heteroatoms. The first-order valence-electron chi connectivity index (χ1n) is 4.53. The monoisotopic (exact) mass is 220 g/mol. The summed E-state index contributed by atoms with van der Waals surface area (Å²) in [6, 6.07) is 6.99. The highest BCUT2D eigenvalue weighted by molar-refractivity contribution is 7.90. The summed E-state index contributed by atoms with van der Waals surface area (Å²) in [6.45, 7) is 0. The molecule has 0 radical (unpaired) electrons. The lowest BCUT2D eigenvalue weighted by atomic mass is 10.1. The van der Waals surface area contributed by atoms with Crippen molar-refractivity contribution in [3.63, 3.8) is 0 Å². The van der Waals surface area contributed by atoms with Gasteiger partial charge in [0.05, 0.1) is 22.5 Å². The van der Waals surface area contributed by atoms with E-state index in [-0.39, 0.29) is 5.75 Å². The first-order valence-corrected chi connectivity index (χ1v) is 6.18. The molecule has 15 heavy (non-hydrogen) atoms. The Bertz CT molecular complexity index is 628. The molecule has 0 fully saturated rings. The van der Waals surface area contributed by atoms with E-state index in [1.807, 2.05) is 6.07 Å². The zero-order chi connectivity index (χ0) is 10.5. The molecular formula is C10H8N2O2S. The number of fused-ring (bicyclic) bond motifs is 3. The molecule has 1 N–H and O–H groups in total. The fraction of sp³-hybridized carbons (Fsp3) is 0.100. The van der Waals surface area contributed by atoms with Crippen LogP contribution in [0.5, 0.6) is 0 Å². The molecule has 4 nitrogen and oxygen atoms in total. The second kappa shape index (κ2) is 2.70. The Morgan fingerprint density at radius 3 is 2.93 bits per heavy atom. The molecule has 1 aliphatic heterocycles. The maximum Gasteiger partial charge on any atom is 0.183 e. The van der Waals surface area contributed by atoms with Crippen molar-refractivity contribution >= 4 is 9.84 Å². The number of nitrogens with zero attached hydrogens (tertiary/aromatic N) is 1. The third-order valence-corrected chi connectivity index (χ3v) is 4.27. The van der Waals surface area contributed by atoms with Gasteiger partial charge in [-0.3, -0.25) is 5.10 Å². The highest BCUT2D eigenvalue weighted by Gasteiger charge is 2.28. The van der Waals surface area contributed by atoms with Gasteiger partial charge in [-0.05, 0) is 6.07 Å². The summed E-state index contributed by atoms with van der Waals surface area (Å²) in [5.41, 5.74) is 2.28. The molecule has 2 aromatic rings. The molecule has 0 aliphatic carbocycles.